The molecule has 0 fully saturated rings. The number of benzene rings is 1. The van der Waals surface area contributed by atoms with Gasteiger partial charge in [-0.3, -0.25) is 4.98 Å². The second kappa shape index (κ2) is 7.99. The van der Waals surface area contributed by atoms with E-state index in [1.165, 1.54) is 0 Å². The molecule has 21 heavy (non-hydrogen) atoms. The van der Waals surface area contributed by atoms with Crippen LogP contribution in [0, 0.1) is 0 Å². The van der Waals surface area contributed by atoms with Crippen molar-refractivity contribution < 1.29 is 4.74 Å². The van der Waals surface area contributed by atoms with Crippen molar-refractivity contribution in [1.82, 2.24) is 10.3 Å². The van der Waals surface area contributed by atoms with Gasteiger partial charge in [0, 0.05) is 23.3 Å². The molecule has 1 heterocycles. The molecule has 1 aromatic heterocycles. The third kappa shape index (κ3) is 4.85. The van der Waals surface area contributed by atoms with Crippen LogP contribution in [0.25, 0.3) is 0 Å². The molecule has 0 aliphatic carbocycles. The molecule has 0 saturated heterocycles. The van der Waals surface area contributed by atoms with Crippen molar-refractivity contribution in [3.05, 3.63) is 56.2 Å². The number of ether oxygens (including phenoxy) is 1. The van der Waals surface area contributed by atoms with Crippen molar-refractivity contribution in [3.63, 3.8) is 0 Å². The highest BCUT2D eigenvalue weighted by Crippen LogP contribution is 2.34. The maximum absolute atomic E-state index is 6.11. The van der Waals surface area contributed by atoms with Crippen LogP contribution in [0.3, 0.4) is 0 Å². The molecule has 0 atom stereocenters. The summed E-state index contributed by atoms with van der Waals surface area (Å²) < 4.78 is 6.41. The van der Waals surface area contributed by atoms with Crippen molar-refractivity contribution >= 4 is 39.1 Å². The van der Waals surface area contributed by atoms with E-state index < -0.39 is 0 Å². The maximum atomic E-state index is 6.11. The van der Waals surface area contributed by atoms with Crippen molar-refractivity contribution in [2.75, 3.05) is 6.54 Å². The van der Waals surface area contributed by atoms with E-state index in [0.717, 1.165) is 28.8 Å². The van der Waals surface area contributed by atoms with Crippen LogP contribution in [0.4, 0.5) is 0 Å². The summed E-state index contributed by atoms with van der Waals surface area (Å²) in [5.74, 6) is 0.545. The number of hydrogen-bond acceptors (Lipinski definition) is 3. The third-order valence-electron chi connectivity index (χ3n) is 2.82. The van der Waals surface area contributed by atoms with Gasteiger partial charge in [0.2, 0.25) is 0 Å². The summed E-state index contributed by atoms with van der Waals surface area (Å²) in [6.45, 7) is 4.17. The van der Waals surface area contributed by atoms with Gasteiger partial charge < -0.3 is 10.1 Å². The van der Waals surface area contributed by atoms with Crippen LogP contribution in [-0.4, -0.2) is 11.5 Å². The summed E-state index contributed by atoms with van der Waals surface area (Å²) in [5.41, 5.74) is 1.98. The first-order valence-corrected chi connectivity index (χ1v) is 8.07. The number of nitrogens with zero attached hydrogens (tertiary/aromatic N) is 1. The quantitative estimate of drug-likeness (QED) is 0.717. The lowest BCUT2D eigenvalue weighted by Crippen LogP contribution is -2.12. The first-order chi connectivity index (χ1) is 10.1. The van der Waals surface area contributed by atoms with Gasteiger partial charge in [0.1, 0.15) is 12.4 Å². The maximum Gasteiger partial charge on any atom is 0.140 e. The Morgan fingerprint density at radius 3 is 2.71 bits per heavy atom. The zero-order valence-corrected chi connectivity index (χ0v) is 14.6. The van der Waals surface area contributed by atoms with E-state index in [-0.39, 0.29) is 0 Å². The van der Waals surface area contributed by atoms with Gasteiger partial charge in [0.25, 0.3) is 0 Å². The minimum Gasteiger partial charge on any atom is -0.486 e. The predicted octanol–water partition coefficient (Wildman–Crippen LogP) is 4.84. The van der Waals surface area contributed by atoms with Crippen molar-refractivity contribution in [2.24, 2.45) is 0 Å². The van der Waals surface area contributed by atoms with Crippen molar-refractivity contribution in [1.29, 1.82) is 0 Å². The predicted molar refractivity (Wildman–Crippen MR) is 90.1 cm³/mol. The van der Waals surface area contributed by atoms with Crippen LogP contribution in [0.5, 0.6) is 5.75 Å². The number of aromatic nitrogens is 1. The lowest BCUT2D eigenvalue weighted by Gasteiger charge is -2.09. The Bertz CT molecular complexity index is 605. The number of halogens is 3. The summed E-state index contributed by atoms with van der Waals surface area (Å²) in [7, 11) is 0. The van der Waals surface area contributed by atoms with Crippen LogP contribution in [-0.2, 0) is 13.2 Å². The largest absolute Gasteiger partial charge is 0.486 e. The number of rotatable bonds is 6. The SMILES string of the molecule is CCNCc1ccc(COc2cc(Cl)c(Br)cc2Cl)nc1. The van der Waals surface area contributed by atoms with Crippen molar-refractivity contribution in [2.45, 2.75) is 20.1 Å². The molecule has 0 unspecified atom stereocenters. The molecule has 0 amide bonds. The van der Waals surface area contributed by atoms with Crippen LogP contribution >= 0.6 is 39.1 Å². The average molecular weight is 390 g/mol. The summed E-state index contributed by atoms with van der Waals surface area (Å²) in [5, 5.41) is 4.32. The molecule has 2 rings (SSSR count). The minimum absolute atomic E-state index is 0.346. The lowest BCUT2D eigenvalue weighted by molar-refractivity contribution is 0.301. The fourth-order valence-electron chi connectivity index (χ4n) is 1.68. The summed E-state index contributed by atoms with van der Waals surface area (Å²) in [6, 6.07) is 7.38. The molecule has 0 aliphatic heterocycles. The second-order valence-electron chi connectivity index (χ2n) is 4.42. The molecular weight excluding hydrogens is 375 g/mol. The summed E-state index contributed by atoms with van der Waals surface area (Å²) in [4.78, 5) is 4.37. The first kappa shape index (κ1) is 16.6. The minimum atomic E-state index is 0.346. The van der Waals surface area contributed by atoms with Crippen LogP contribution in [0.1, 0.15) is 18.2 Å². The molecule has 1 N–H and O–H groups in total. The number of pyridine rings is 1. The van der Waals surface area contributed by atoms with Gasteiger partial charge in [-0.25, -0.2) is 0 Å². The molecular formula is C15H15BrCl2N2O. The van der Waals surface area contributed by atoms with Gasteiger partial charge in [0.05, 0.1) is 15.7 Å². The lowest BCUT2D eigenvalue weighted by atomic mass is 10.2. The Balaban J connectivity index is 1.98. The molecule has 3 nitrogen and oxygen atoms in total. The van der Waals surface area contributed by atoms with E-state index in [1.54, 1.807) is 12.1 Å². The smallest absolute Gasteiger partial charge is 0.140 e. The fourth-order valence-corrected chi connectivity index (χ4v) is 2.53. The molecule has 0 spiro atoms. The van der Waals surface area contributed by atoms with E-state index in [4.69, 9.17) is 27.9 Å². The fraction of sp³-hybridized carbons (Fsp3) is 0.267. The van der Waals surface area contributed by atoms with Crippen LogP contribution in [0.15, 0.2) is 34.9 Å². The second-order valence-corrected chi connectivity index (χ2v) is 6.09. The Hall–Kier alpha value is -0.810. The molecule has 6 heteroatoms. The molecule has 0 bridgehead atoms. The van der Waals surface area contributed by atoms with E-state index in [9.17, 15) is 0 Å². The van der Waals surface area contributed by atoms with Crippen LogP contribution < -0.4 is 10.1 Å². The molecule has 2 aromatic rings. The average Bonchev–Trinajstić information content (AvgIpc) is 2.48. The highest BCUT2D eigenvalue weighted by molar-refractivity contribution is 9.10. The van der Waals surface area contributed by atoms with E-state index in [0.29, 0.717) is 22.4 Å². The van der Waals surface area contributed by atoms with Gasteiger partial charge in [-0.05, 0) is 40.2 Å². The first-order valence-electron chi connectivity index (χ1n) is 6.52. The highest BCUT2D eigenvalue weighted by atomic mass is 79.9. The van der Waals surface area contributed by atoms with Gasteiger partial charge in [0.15, 0.2) is 0 Å². The van der Waals surface area contributed by atoms with E-state index in [2.05, 4.69) is 33.2 Å². The van der Waals surface area contributed by atoms with E-state index >= 15 is 0 Å². The van der Waals surface area contributed by atoms with Crippen molar-refractivity contribution in [3.8, 4) is 5.75 Å². The zero-order chi connectivity index (χ0) is 15.2. The van der Waals surface area contributed by atoms with Gasteiger partial charge in [-0.15, -0.1) is 0 Å². The topological polar surface area (TPSA) is 34.1 Å². The van der Waals surface area contributed by atoms with Crippen LogP contribution in [0.2, 0.25) is 10.0 Å². The normalized spacial score (nSPS) is 10.7. The molecule has 0 saturated carbocycles. The molecule has 0 aliphatic rings. The highest BCUT2D eigenvalue weighted by Gasteiger charge is 2.07. The Kier molecular flexibility index (Phi) is 6.30. The van der Waals surface area contributed by atoms with Gasteiger partial charge >= 0.3 is 0 Å². The number of nitrogens with one attached hydrogen (secondary N) is 1. The zero-order valence-electron chi connectivity index (χ0n) is 11.5. The summed E-state index contributed by atoms with van der Waals surface area (Å²) in [6.07, 6.45) is 1.84. The summed E-state index contributed by atoms with van der Waals surface area (Å²) >= 11 is 15.5. The van der Waals surface area contributed by atoms with Gasteiger partial charge in [-0.2, -0.15) is 0 Å². The van der Waals surface area contributed by atoms with E-state index in [1.807, 2.05) is 18.3 Å². The monoisotopic (exact) mass is 388 g/mol. The third-order valence-corrected chi connectivity index (χ3v) is 4.31. The number of hydrogen-bond donors (Lipinski definition) is 1. The molecule has 1 aromatic carbocycles. The Labute approximate surface area is 142 Å². The molecule has 0 radical (unpaired) electrons. The molecule has 112 valence electrons. The van der Waals surface area contributed by atoms with Gasteiger partial charge in [-0.1, -0.05) is 36.2 Å². The Morgan fingerprint density at radius 1 is 1.24 bits per heavy atom. The standard InChI is InChI=1S/C15H15BrCl2N2O/c1-2-19-7-10-3-4-11(20-8-10)9-21-15-6-13(17)12(16)5-14(15)18/h3-6,8,19H,2,7,9H2,1H3. The Morgan fingerprint density at radius 2 is 2.05 bits per heavy atom.